The van der Waals surface area contributed by atoms with Crippen LogP contribution in [0.25, 0.3) is 0 Å². The zero-order chi connectivity index (χ0) is 14.7. The summed E-state index contributed by atoms with van der Waals surface area (Å²) in [4.78, 5) is 0. The van der Waals surface area contributed by atoms with Crippen LogP contribution in [0.1, 0.15) is 28.3 Å². The topological polar surface area (TPSA) is 21.3 Å². The first kappa shape index (κ1) is 14.5. The molecule has 0 fully saturated rings. The van der Waals surface area contributed by atoms with Crippen LogP contribution in [0.4, 0.5) is 4.39 Å². The molecule has 0 aliphatic carbocycles. The molecule has 0 aromatic heterocycles. The maximum atomic E-state index is 13.1. The van der Waals surface area contributed by atoms with Gasteiger partial charge in [0.25, 0.3) is 0 Å². The Bertz CT molecular complexity index is 593. The van der Waals surface area contributed by atoms with E-state index >= 15 is 0 Å². The van der Waals surface area contributed by atoms with E-state index in [1.165, 1.54) is 12.1 Å². The summed E-state index contributed by atoms with van der Waals surface area (Å²) >= 11 is 0. The van der Waals surface area contributed by atoms with Gasteiger partial charge in [0.1, 0.15) is 11.6 Å². The van der Waals surface area contributed by atoms with Gasteiger partial charge >= 0.3 is 0 Å². The number of aryl methyl sites for hydroxylation is 2. The molecule has 0 saturated carbocycles. The Balaban J connectivity index is 2.54. The molecule has 2 nitrogen and oxygen atoms in total. The molecule has 0 saturated heterocycles. The molecule has 20 heavy (non-hydrogen) atoms. The Labute approximate surface area is 119 Å². The Kier molecular flexibility index (Phi) is 4.40. The molecule has 2 aromatic rings. The lowest BCUT2D eigenvalue weighted by molar-refractivity contribution is 0.404. The second-order valence-corrected chi connectivity index (χ2v) is 4.97. The molecular formula is C17H20FNO. The third-order valence-electron chi connectivity index (χ3n) is 3.49. The minimum atomic E-state index is -0.226. The van der Waals surface area contributed by atoms with Crippen molar-refractivity contribution in [1.82, 2.24) is 5.32 Å². The zero-order valence-corrected chi connectivity index (χ0v) is 12.3. The predicted molar refractivity (Wildman–Crippen MR) is 79.8 cm³/mol. The fraction of sp³-hybridized carbons (Fsp3) is 0.294. The van der Waals surface area contributed by atoms with E-state index in [1.54, 1.807) is 19.2 Å². The summed E-state index contributed by atoms with van der Waals surface area (Å²) in [6, 6.07) is 10.7. The number of hydrogen-bond donors (Lipinski definition) is 1. The van der Waals surface area contributed by atoms with Crippen LogP contribution < -0.4 is 10.1 Å². The third-order valence-corrected chi connectivity index (χ3v) is 3.49. The van der Waals surface area contributed by atoms with E-state index in [4.69, 9.17) is 4.74 Å². The van der Waals surface area contributed by atoms with Gasteiger partial charge < -0.3 is 10.1 Å². The Morgan fingerprint density at radius 1 is 1.10 bits per heavy atom. The van der Waals surface area contributed by atoms with Crippen molar-refractivity contribution in [3.63, 3.8) is 0 Å². The highest BCUT2D eigenvalue weighted by atomic mass is 19.1. The molecule has 0 aliphatic rings. The van der Waals surface area contributed by atoms with Crippen LogP contribution in [0, 0.1) is 19.7 Å². The largest absolute Gasteiger partial charge is 0.496 e. The normalized spacial score (nSPS) is 12.2. The van der Waals surface area contributed by atoms with Crippen molar-refractivity contribution in [3.8, 4) is 5.75 Å². The van der Waals surface area contributed by atoms with Crippen LogP contribution in [0.15, 0.2) is 36.4 Å². The first-order chi connectivity index (χ1) is 9.56. The molecule has 1 atom stereocenters. The monoisotopic (exact) mass is 273 g/mol. The van der Waals surface area contributed by atoms with E-state index in [0.29, 0.717) is 0 Å². The molecule has 0 bridgehead atoms. The number of nitrogens with one attached hydrogen (secondary N) is 1. The van der Waals surface area contributed by atoms with E-state index in [0.717, 1.165) is 28.0 Å². The molecule has 0 radical (unpaired) electrons. The highest BCUT2D eigenvalue weighted by Gasteiger charge is 2.19. The zero-order valence-electron chi connectivity index (χ0n) is 12.3. The molecule has 0 spiro atoms. The average molecular weight is 273 g/mol. The summed E-state index contributed by atoms with van der Waals surface area (Å²) in [7, 11) is 3.57. The number of benzene rings is 2. The Hall–Kier alpha value is -1.87. The fourth-order valence-corrected chi connectivity index (χ4v) is 2.61. The molecule has 3 heteroatoms. The van der Waals surface area contributed by atoms with E-state index in [9.17, 15) is 4.39 Å². The van der Waals surface area contributed by atoms with Crippen LogP contribution in [0.5, 0.6) is 5.75 Å². The average Bonchev–Trinajstić information content (AvgIpc) is 2.43. The van der Waals surface area contributed by atoms with Gasteiger partial charge in [-0.3, -0.25) is 0 Å². The van der Waals surface area contributed by atoms with Crippen LogP contribution in [0.3, 0.4) is 0 Å². The first-order valence-electron chi connectivity index (χ1n) is 6.64. The van der Waals surface area contributed by atoms with Gasteiger partial charge in [0.15, 0.2) is 0 Å². The van der Waals surface area contributed by atoms with Gasteiger partial charge in [-0.15, -0.1) is 0 Å². The maximum absolute atomic E-state index is 13.1. The standard InChI is InChI=1S/C17H20FNO/c1-11-9-12(2)16(15(10-11)20-4)17(19-3)13-5-7-14(18)8-6-13/h5-10,17,19H,1-4H3. The predicted octanol–water partition coefficient (Wildman–Crippen LogP) is 3.76. The van der Waals surface area contributed by atoms with Crippen molar-refractivity contribution in [2.45, 2.75) is 19.9 Å². The minimum Gasteiger partial charge on any atom is -0.496 e. The Morgan fingerprint density at radius 2 is 1.75 bits per heavy atom. The quantitative estimate of drug-likeness (QED) is 0.915. The summed E-state index contributed by atoms with van der Waals surface area (Å²) in [5, 5.41) is 3.29. The van der Waals surface area contributed by atoms with Gasteiger partial charge in [0.2, 0.25) is 0 Å². The van der Waals surface area contributed by atoms with E-state index in [1.807, 2.05) is 20.0 Å². The number of methoxy groups -OCH3 is 1. The van der Waals surface area contributed by atoms with Gasteiger partial charge in [0, 0.05) is 5.56 Å². The van der Waals surface area contributed by atoms with E-state index in [2.05, 4.69) is 18.3 Å². The molecule has 0 heterocycles. The number of rotatable bonds is 4. The van der Waals surface area contributed by atoms with Crippen molar-refractivity contribution in [3.05, 3.63) is 64.5 Å². The fourth-order valence-electron chi connectivity index (χ4n) is 2.61. The van der Waals surface area contributed by atoms with Crippen molar-refractivity contribution >= 4 is 0 Å². The lowest BCUT2D eigenvalue weighted by Crippen LogP contribution is -2.19. The molecule has 2 aromatic carbocycles. The molecule has 0 aliphatic heterocycles. The van der Waals surface area contributed by atoms with Crippen LogP contribution in [0.2, 0.25) is 0 Å². The number of ether oxygens (including phenoxy) is 1. The van der Waals surface area contributed by atoms with E-state index < -0.39 is 0 Å². The number of hydrogen-bond acceptors (Lipinski definition) is 2. The van der Waals surface area contributed by atoms with Gasteiger partial charge in [-0.25, -0.2) is 4.39 Å². The Morgan fingerprint density at radius 3 is 2.30 bits per heavy atom. The smallest absolute Gasteiger partial charge is 0.124 e. The highest BCUT2D eigenvalue weighted by Crippen LogP contribution is 2.33. The summed E-state index contributed by atoms with van der Waals surface area (Å²) in [6.45, 7) is 4.12. The molecule has 106 valence electrons. The van der Waals surface area contributed by atoms with Crippen LogP contribution >= 0.6 is 0 Å². The van der Waals surface area contributed by atoms with Crippen molar-refractivity contribution in [2.24, 2.45) is 0 Å². The van der Waals surface area contributed by atoms with E-state index in [-0.39, 0.29) is 11.9 Å². The second kappa shape index (κ2) is 6.06. The molecule has 0 amide bonds. The molecule has 1 N–H and O–H groups in total. The van der Waals surface area contributed by atoms with Crippen molar-refractivity contribution < 1.29 is 9.13 Å². The van der Waals surface area contributed by atoms with Crippen molar-refractivity contribution in [1.29, 1.82) is 0 Å². The van der Waals surface area contributed by atoms with Crippen LogP contribution in [-0.2, 0) is 0 Å². The highest BCUT2D eigenvalue weighted by molar-refractivity contribution is 5.48. The molecule has 1 unspecified atom stereocenters. The molecular weight excluding hydrogens is 253 g/mol. The van der Waals surface area contributed by atoms with Gasteiger partial charge in [-0.05, 0) is 55.8 Å². The summed E-state index contributed by atoms with van der Waals surface area (Å²) in [6.07, 6.45) is 0. The van der Waals surface area contributed by atoms with Crippen molar-refractivity contribution in [2.75, 3.05) is 14.2 Å². The maximum Gasteiger partial charge on any atom is 0.124 e. The summed E-state index contributed by atoms with van der Waals surface area (Å²) in [5.41, 5.74) is 4.42. The second-order valence-electron chi connectivity index (χ2n) is 4.97. The van der Waals surface area contributed by atoms with Gasteiger partial charge in [-0.1, -0.05) is 18.2 Å². The summed E-state index contributed by atoms with van der Waals surface area (Å²) < 4.78 is 18.6. The molecule has 2 rings (SSSR count). The number of halogens is 1. The first-order valence-corrected chi connectivity index (χ1v) is 6.64. The summed E-state index contributed by atoms with van der Waals surface area (Å²) in [5.74, 6) is 0.627. The van der Waals surface area contributed by atoms with Gasteiger partial charge in [-0.2, -0.15) is 0 Å². The minimum absolute atomic E-state index is 0.0221. The third kappa shape index (κ3) is 2.83. The lowest BCUT2D eigenvalue weighted by atomic mass is 9.93. The van der Waals surface area contributed by atoms with Gasteiger partial charge in [0.05, 0.1) is 13.2 Å². The van der Waals surface area contributed by atoms with Crippen LogP contribution in [-0.4, -0.2) is 14.2 Å². The lowest BCUT2D eigenvalue weighted by Gasteiger charge is -2.22. The SMILES string of the molecule is CNC(c1ccc(F)cc1)c1c(C)cc(C)cc1OC.